The normalized spacial score (nSPS) is 12.2. The van der Waals surface area contributed by atoms with Gasteiger partial charge in [-0.2, -0.15) is 0 Å². The van der Waals surface area contributed by atoms with E-state index in [1.165, 1.54) is 21.3 Å². The Morgan fingerprint density at radius 1 is 0.913 bits per heavy atom. The van der Waals surface area contributed by atoms with Crippen molar-refractivity contribution in [2.45, 2.75) is 37.8 Å². The van der Waals surface area contributed by atoms with Crippen LogP contribution in [-0.4, -0.2) is 57.2 Å². The molecule has 0 aliphatic rings. The summed E-state index contributed by atoms with van der Waals surface area (Å²) in [4.78, 5) is 45.6. The lowest BCUT2D eigenvalue weighted by Crippen LogP contribution is -3.00. The first kappa shape index (κ1) is 23.4. The third kappa shape index (κ3) is 9.69. The Labute approximate surface area is 140 Å². The van der Waals surface area contributed by atoms with Gasteiger partial charge in [0.05, 0.1) is 21.3 Å². The highest BCUT2D eigenvalue weighted by Gasteiger charge is 2.24. The van der Waals surface area contributed by atoms with Crippen molar-refractivity contribution in [1.82, 2.24) is 5.32 Å². The van der Waals surface area contributed by atoms with Gasteiger partial charge in [-0.15, -0.1) is 0 Å². The largest absolute Gasteiger partial charge is 1.00 e. The summed E-state index contributed by atoms with van der Waals surface area (Å²) in [6.45, 7) is 0. The van der Waals surface area contributed by atoms with Crippen LogP contribution in [0, 0.1) is 0 Å². The van der Waals surface area contributed by atoms with Gasteiger partial charge in [-0.05, 0) is 6.42 Å². The first-order valence-corrected chi connectivity index (χ1v) is 6.70. The number of methoxy groups -OCH3 is 3. The van der Waals surface area contributed by atoms with Gasteiger partial charge in [-0.1, -0.05) is 0 Å². The number of hydrogen-bond donors (Lipinski definition) is 2. The number of rotatable bonds is 9. The van der Waals surface area contributed by atoms with E-state index in [9.17, 15) is 19.2 Å². The highest BCUT2D eigenvalue weighted by atomic mass is 35.5. The van der Waals surface area contributed by atoms with E-state index in [0.717, 1.165) is 0 Å². The summed E-state index contributed by atoms with van der Waals surface area (Å²) < 4.78 is 13.5. The zero-order chi connectivity index (χ0) is 17.1. The van der Waals surface area contributed by atoms with E-state index in [1.54, 1.807) is 0 Å². The van der Waals surface area contributed by atoms with Crippen molar-refractivity contribution in [3.05, 3.63) is 0 Å². The Kier molecular flexibility index (Phi) is 12.9. The number of carbonyl (C=O) groups is 4. The van der Waals surface area contributed by atoms with Crippen LogP contribution >= 0.6 is 0 Å². The van der Waals surface area contributed by atoms with Crippen LogP contribution in [-0.2, 0) is 33.4 Å². The molecule has 10 heteroatoms. The molecule has 0 aliphatic heterocycles. The second kappa shape index (κ2) is 12.7. The Hall–Kier alpha value is -1.87. The molecule has 0 bridgehead atoms. The quantitative estimate of drug-likeness (QED) is 0.240. The molecule has 0 spiro atoms. The monoisotopic (exact) mass is 356 g/mol. The molecular formula is C13H23ClN2O7. The maximum Gasteiger partial charge on any atom is 0.364 e. The van der Waals surface area contributed by atoms with E-state index in [-0.39, 0.29) is 38.1 Å². The lowest BCUT2D eigenvalue weighted by Gasteiger charge is -2.16. The summed E-state index contributed by atoms with van der Waals surface area (Å²) in [6, 6.07) is -1.61. The average molecular weight is 357 g/mol. The first-order valence-electron chi connectivity index (χ1n) is 6.70. The fourth-order valence-electron chi connectivity index (χ4n) is 1.61. The van der Waals surface area contributed by atoms with Gasteiger partial charge < -0.3 is 37.7 Å². The van der Waals surface area contributed by atoms with Crippen LogP contribution in [0.5, 0.6) is 0 Å². The van der Waals surface area contributed by atoms with Gasteiger partial charge in [-0.25, -0.2) is 9.59 Å². The van der Waals surface area contributed by atoms with E-state index < -0.39 is 35.9 Å². The topological polar surface area (TPSA) is 136 Å². The average Bonchev–Trinajstić information content (AvgIpc) is 2.54. The number of ether oxygens (including phenoxy) is 3. The minimum absolute atomic E-state index is 0. The molecule has 0 rings (SSSR count). The van der Waals surface area contributed by atoms with Crippen LogP contribution in [0.4, 0.5) is 0 Å². The van der Waals surface area contributed by atoms with Crippen LogP contribution in [0.25, 0.3) is 0 Å². The van der Waals surface area contributed by atoms with Crippen LogP contribution in [0.15, 0.2) is 0 Å². The zero-order valence-corrected chi connectivity index (χ0v) is 14.2. The van der Waals surface area contributed by atoms with Crippen LogP contribution in [0.2, 0.25) is 0 Å². The van der Waals surface area contributed by atoms with Crippen molar-refractivity contribution in [3.8, 4) is 0 Å². The number of halogens is 1. The van der Waals surface area contributed by atoms with Gasteiger partial charge in [0.15, 0.2) is 6.04 Å². The minimum atomic E-state index is -0.946. The molecule has 134 valence electrons. The van der Waals surface area contributed by atoms with E-state index >= 15 is 0 Å². The van der Waals surface area contributed by atoms with Crippen molar-refractivity contribution in [1.29, 1.82) is 0 Å². The van der Waals surface area contributed by atoms with Gasteiger partial charge in [-0.3, -0.25) is 9.59 Å². The lowest BCUT2D eigenvalue weighted by atomic mass is 10.1. The maximum atomic E-state index is 11.8. The molecule has 0 aromatic carbocycles. The van der Waals surface area contributed by atoms with Crippen molar-refractivity contribution in [2.24, 2.45) is 0 Å². The smallest absolute Gasteiger partial charge is 0.364 e. The van der Waals surface area contributed by atoms with Crippen molar-refractivity contribution >= 4 is 23.8 Å². The molecule has 0 aromatic heterocycles. The van der Waals surface area contributed by atoms with Crippen molar-refractivity contribution in [2.75, 3.05) is 21.3 Å². The molecule has 4 N–H and O–H groups in total. The van der Waals surface area contributed by atoms with E-state index in [4.69, 9.17) is 0 Å². The Balaban J connectivity index is 0. The van der Waals surface area contributed by atoms with Crippen LogP contribution in [0.3, 0.4) is 0 Å². The van der Waals surface area contributed by atoms with E-state index in [0.29, 0.717) is 0 Å². The third-order valence-electron chi connectivity index (χ3n) is 2.94. The maximum absolute atomic E-state index is 11.8. The molecular weight excluding hydrogens is 334 g/mol. The molecule has 0 unspecified atom stereocenters. The molecule has 0 saturated carbocycles. The Morgan fingerprint density at radius 2 is 1.48 bits per heavy atom. The number of carbonyl (C=O) groups excluding carboxylic acids is 4. The molecule has 0 radical (unpaired) electrons. The molecule has 23 heavy (non-hydrogen) atoms. The summed E-state index contributed by atoms with van der Waals surface area (Å²) in [6.07, 6.45) is 0.213. The lowest BCUT2D eigenvalue weighted by molar-refractivity contribution is -0.409. The van der Waals surface area contributed by atoms with E-state index in [1.807, 2.05) is 0 Å². The third-order valence-corrected chi connectivity index (χ3v) is 2.94. The summed E-state index contributed by atoms with van der Waals surface area (Å²) in [5, 5.41) is 2.46. The molecule has 2 atom stereocenters. The van der Waals surface area contributed by atoms with Crippen LogP contribution < -0.4 is 23.5 Å². The molecule has 0 fully saturated rings. The molecule has 0 heterocycles. The number of esters is 3. The summed E-state index contributed by atoms with van der Waals surface area (Å²) in [5.41, 5.74) is 3.57. The molecule has 0 aliphatic carbocycles. The second-order valence-electron chi connectivity index (χ2n) is 4.52. The molecule has 0 saturated heterocycles. The SMILES string of the molecule is COC(=O)CC[C@H]([15NH]C(=O)CC[C@H]([15NH3+])C(=O)OC)C(=O)OC.[Cl-]. The minimum Gasteiger partial charge on any atom is -1.00 e. The van der Waals surface area contributed by atoms with E-state index in [2.05, 4.69) is 25.3 Å². The molecule has 0 aromatic rings. The molecule has 1 amide bonds. The number of nitrogens with one attached hydrogen (secondary N) is 1. The Morgan fingerprint density at radius 3 is 1.96 bits per heavy atom. The van der Waals surface area contributed by atoms with Gasteiger partial charge in [0.25, 0.3) is 0 Å². The predicted molar refractivity (Wildman–Crippen MR) is 73.1 cm³/mol. The van der Waals surface area contributed by atoms with Crippen molar-refractivity contribution in [3.63, 3.8) is 0 Å². The Bertz CT molecular complexity index is 417. The van der Waals surface area contributed by atoms with Gasteiger partial charge in [0.1, 0.15) is 6.04 Å². The summed E-state index contributed by atoms with van der Waals surface area (Å²) in [5.74, 6) is -2.11. The zero-order valence-electron chi connectivity index (χ0n) is 13.4. The summed E-state index contributed by atoms with van der Waals surface area (Å²) >= 11 is 0. The van der Waals surface area contributed by atoms with Crippen LogP contribution in [0.1, 0.15) is 25.7 Å². The predicted octanol–water partition coefficient (Wildman–Crippen LogP) is -4.83. The number of amides is 1. The van der Waals surface area contributed by atoms with Gasteiger partial charge in [0.2, 0.25) is 5.91 Å². The standard InChI is InChI=1S/C13H22N2O7.ClH/c1-20-11(17)7-5-9(13(19)22-3)15-10(16)6-4-8(14)12(18)21-2;/h8-9H,4-7,14H2,1-3H3,(H,15,16);1H/t8-,9-;/m0./s1/i14+1,15+1;. The first-order chi connectivity index (χ1) is 10.3. The van der Waals surface area contributed by atoms with Gasteiger partial charge in [0, 0.05) is 19.3 Å². The number of quaternary nitrogens is 1. The highest BCUT2D eigenvalue weighted by Crippen LogP contribution is 2.03. The van der Waals surface area contributed by atoms with Crippen molar-refractivity contribution < 1.29 is 51.5 Å². The second-order valence-corrected chi connectivity index (χ2v) is 4.52. The fraction of sp³-hybridized carbons (Fsp3) is 0.692. The fourth-order valence-corrected chi connectivity index (χ4v) is 1.61. The van der Waals surface area contributed by atoms with Gasteiger partial charge >= 0.3 is 17.9 Å². The highest BCUT2D eigenvalue weighted by molar-refractivity contribution is 5.85. The summed E-state index contributed by atoms with van der Waals surface area (Å²) in [7, 11) is 3.65. The molecule has 9 nitrogen and oxygen atoms in total. The number of hydrogen-bond acceptors (Lipinski definition) is 7.